The Hall–Kier alpha value is -1.64. The van der Waals surface area contributed by atoms with Gasteiger partial charge < -0.3 is 19.5 Å². The molecule has 35 heavy (non-hydrogen) atoms. The number of methoxy groups -OCH3 is 1. The van der Waals surface area contributed by atoms with Crippen molar-refractivity contribution in [3.63, 3.8) is 0 Å². The van der Waals surface area contributed by atoms with Crippen LogP contribution in [0.25, 0.3) is 5.32 Å². The van der Waals surface area contributed by atoms with Crippen LogP contribution in [0.3, 0.4) is 0 Å². The second-order valence-electron chi connectivity index (χ2n) is 8.28. The van der Waals surface area contributed by atoms with Gasteiger partial charge in [0, 0.05) is 24.6 Å². The number of rotatable bonds is 12. The van der Waals surface area contributed by atoms with E-state index in [0.717, 1.165) is 37.1 Å². The average molecular weight is 504 g/mol. The number of benzene rings is 1. The van der Waals surface area contributed by atoms with Crippen LogP contribution in [-0.2, 0) is 24.2 Å². The van der Waals surface area contributed by atoms with Gasteiger partial charge in [-0.15, -0.1) is 18.8 Å². The van der Waals surface area contributed by atoms with E-state index in [1.807, 2.05) is 19.9 Å². The molecule has 0 spiro atoms. The quantitative estimate of drug-likeness (QED) is 0.145. The number of nitrogens with zero attached hydrogens (tertiary/aromatic N) is 3. The number of hydrogen-bond acceptors (Lipinski definition) is 5. The predicted octanol–water partition coefficient (Wildman–Crippen LogP) is 3.80. The molecule has 0 saturated carbocycles. The standard InChI is InChI=1S/C27H34N3O3.CH4.K/c1-6-7-12-28-20(4)26(16-29-19(2)3)32-18-23-15-25(27(31-5)17-30-23)33-24-13-21-10-8-9-11-22(21)14-24;;/h8-11,15-17,24H,4,6-7,12-14,18H2,1-3,5H3;1H4;/q-1;;+1/b26-16+;;. The largest absolute Gasteiger partial charge is 1.00 e. The minimum absolute atomic E-state index is 0. The Morgan fingerprint density at radius 2 is 1.89 bits per heavy atom. The molecule has 1 aromatic carbocycles. The third kappa shape index (κ3) is 9.73. The van der Waals surface area contributed by atoms with E-state index in [9.17, 15) is 0 Å². The van der Waals surface area contributed by atoms with Crippen molar-refractivity contribution >= 4 is 5.71 Å². The average Bonchev–Trinajstić information content (AvgIpc) is 3.21. The molecular formula is C28H38KN3O3. The van der Waals surface area contributed by atoms with Crippen LogP contribution in [0.4, 0.5) is 0 Å². The molecule has 0 unspecified atom stereocenters. The molecule has 1 aromatic heterocycles. The van der Waals surface area contributed by atoms with E-state index in [4.69, 9.17) is 14.2 Å². The molecule has 0 radical (unpaired) electrons. The Labute approximate surface area is 253 Å². The summed E-state index contributed by atoms with van der Waals surface area (Å²) in [5, 5.41) is 4.52. The number of pyridine rings is 1. The molecule has 184 valence electrons. The zero-order valence-corrected chi connectivity index (χ0v) is 24.3. The smallest absolute Gasteiger partial charge is 0.682 e. The van der Waals surface area contributed by atoms with Crippen molar-refractivity contribution in [1.29, 1.82) is 0 Å². The van der Waals surface area contributed by atoms with Gasteiger partial charge in [0.2, 0.25) is 0 Å². The van der Waals surface area contributed by atoms with Crippen LogP contribution in [0.15, 0.2) is 65.8 Å². The second kappa shape index (κ2) is 16.2. The zero-order valence-electron chi connectivity index (χ0n) is 21.1. The van der Waals surface area contributed by atoms with Gasteiger partial charge >= 0.3 is 51.4 Å². The van der Waals surface area contributed by atoms with Crippen molar-refractivity contribution in [2.24, 2.45) is 4.99 Å². The number of unbranched alkanes of at least 4 members (excludes halogenated alkanes) is 1. The zero-order chi connectivity index (χ0) is 23.6. The molecule has 1 aliphatic carbocycles. The van der Waals surface area contributed by atoms with E-state index < -0.39 is 0 Å². The normalized spacial score (nSPS) is 12.5. The summed E-state index contributed by atoms with van der Waals surface area (Å²) in [5.41, 5.74) is 4.91. The maximum absolute atomic E-state index is 6.33. The predicted molar refractivity (Wildman–Crippen MR) is 140 cm³/mol. The van der Waals surface area contributed by atoms with E-state index in [0.29, 0.717) is 29.5 Å². The van der Waals surface area contributed by atoms with Gasteiger partial charge in [-0.3, -0.25) is 9.98 Å². The molecule has 0 aliphatic heterocycles. The molecule has 1 heterocycles. The topological polar surface area (TPSA) is 67.0 Å². The van der Waals surface area contributed by atoms with Gasteiger partial charge in [-0.2, -0.15) is 0 Å². The Morgan fingerprint density at radius 1 is 1.20 bits per heavy atom. The number of hydrogen-bond donors (Lipinski definition) is 0. The number of aromatic nitrogens is 1. The van der Waals surface area contributed by atoms with Crippen LogP contribution >= 0.6 is 0 Å². The SMILES string of the molecule is C.C=C([N-]CCCC)/C(=C\N=C(C)C)OCc1cc(OC2Cc3ccccc3C2)c(OC)cn1.[K+]. The minimum Gasteiger partial charge on any atom is -0.682 e. The van der Waals surface area contributed by atoms with Gasteiger partial charge in [0.25, 0.3) is 0 Å². The van der Waals surface area contributed by atoms with E-state index in [1.165, 1.54) is 11.1 Å². The van der Waals surface area contributed by atoms with Crippen molar-refractivity contribution in [2.45, 2.75) is 66.6 Å². The van der Waals surface area contributed by atoms with Gasteiger partial charge in [-0.25, -0.2) is 0 Å². The monoisotopic (exact) mass is 503 g/mol. The molecular weight excluding hydrogens is 465 g/mol. The molecule has 6 nitrogen and oxygen atoms in total. The summed E-state index contributed by atoms with van der Waals surface area (Å²) in [6, 6.07) is 10.3. The first-order valence-corrected chi connectivity index (χ1v) is 11.5. The molecule has 0 saturated heterocycles. The first kappa shape index (κ1) is 31.4. The Bertz CT molecular complexity index is 991. The van der Waals surface area contributed by atoms with E-state index in [2.05, 4.69) is 53.1 Å². The van der Waals surface area contributed by atoms with Gasteiger partial charge in [0.05, 0.1) is 25.2 Å². The van der Waals surface area contributed by atoms with Crippen LogP contribution in [0.1, 0.15) is 57.9 Å². The van der Waals surface area contributed by atoms with Gasteiger partial charge in [-0.05, 0) is 25.0 Å². The van der Waals surface area contributed by atoms with Crippen LogP contribution in [0.2, 0.25) is 0 Å². The van der Waals surface area contributed by atoms with Crippen LogP contribution in [0.5, 0.6) is 11.5 Å². The van der Waals surface area contributed by atoms with Crippen LogP contribution in [-0.4, -0.2) is 30.5 Å². The van der Waals surface area contributed by atoms with Gasteiger partial charge in [-0.1, -0.05) is 51.5 Å². The summed E-state index contributed by atoms with van der Waals surface area (Å²) in [4.78, 5) is 8.84. The molecule has 1 aliphatic rings. The Kier molecular flexibility index (Phi) is 14.5. The van der Waals surface area contributed by atoms with Gasteiger partial charge in [0.1, 0.15) is 18.5 Å². The maximum atomic E-state index is 6.33. The molecule has 0 fully saturated rings. The van der Waals surface area contributed by atoms with Crippen molar-refractivity contribution in [1.82, 2.24) is 4.98 Å². The van der Waals surface area contributed by atoms with Crippen molar-refractivity contribution in [3.05, 3.63) is 82.9 Å². The van der Waals surface area contributed by atoms with Gasteiger partial charge in [0.15, 0.2) is 11.5 Å². The first-order chi connectivity index (χ1) is 16.0. The summed E-state index contributed by atoms with van der Waals surface area (Å²) >= 11 is 0. The first-order valence-electron chi connectivity index (χ1n) is 11.5. The molecule has 2 aromatic rings. The van der Waals surface area contributed by atoms with Crippen molar-refractivity contribution in [2.75, 3.05) is 13.7 Å². The summed E-state index contributed by atoms with van der Waals surface area (Å²) in [6.07, 6.45) is 7.27. The van der Waals surface area contributed by atoms with E-state index in [1.54, 1.807) is 19.5 Å². The van der Waals surface area contributed by atoms with Crippen molar-refractivity contribution in [3.8, 4) is 11.5 Å². The molecule has 0 bridgehead atoms. The summed E-state index contributed by atoms with van der Waals surface area (Å²) < 4.78 is 17.8. The number of aliphatic imine (C=N–C) groups is 1. The third-order valence-electron chi connectivity index (χ3n) is 5.33. The van der Waals surface area contributed by atoms with E-state index in [-0.39, 0.29) is 71.5 Å². The fourth-order valence-corrected chi connectivity index (χ4v) is 3.56. The maximum Gasteiger partial charge on any atom is 1.00 e. The van der Waals surface area contributed by atoms with Crippen LogP contribution < -0.4 is 60.9 Å². The van der Waals surface area contributed by atoms with Crippen molar-refractivity contribution < 1.29 is 65.6 Å². The molecule has 7 heteroatoms. The molecule has 0 amide bonds. The number of fused-ring (bicyclic) bond motifs is 1. The minimum atomic E-state index is 0. The summed E-state index contributed by atoms with van der Waals surface area (Å²) in [6.45, 7) is 11.0. The fraction of sp³-hybridized carbons (Fsp3) is 0.429. The summed E-state index contributed by atoms with van der Waals surface area (Å²) in [7, 11) is 1.62. The number of ether oxygens (including phenoxy) is 3. The second-order valence-corrected chi connectivity index (χ2v) is 8.28. The Morgan fingerprint density at radius 3 is 2.49 bits per heavy atom. The summed E-state index contributed by atoms with van der Waals surface area (Å²) in [5.74, 6) is 1.82. The Balaban J connectivity index is 0.00000306. The van der Waals surface area contributed by atoms with Crippen LogP contribution in [0, 0.1) is 0 Å². The molecule has 0 N–H and O–H groups in total. The molecule has 0 atom stereocenters. The van der Waals surface area contributed by atoms with E-state index >= 15 is 0 Å². The third-order valence-corrected chi connectivity index (χ3v) is 5.33. The molecule has 3 rings (SSSR count). The fourth-order valence-electron chi connectivity index (χ4n) is 3.56.